The number of carbonyl (C=O) groups excluding carboxylic acids is 2. The minimum absolute atomic E-state index is 0.0235. The molecular formula is C22H27N3O3. The molecule has 1 aliphatic rings. The van der Waals surface area contributed by atoms with Crippen LogP contribution in [0.5, 0.6) is 5.75 Å². The van der Waals surface area contributed by atoms with Gasteiger partial charge in [-0.25, -0.2) is 0 Å². The first-order valence-corrected chi connectivity index (χ1v) is 9.40. The van der Waals surface area contributed by atoms with Crippen molar-refractivity contribution in [2.45, 2.75) is 12.5 Å². The van der Waals surface area contributed by atoms with E-state index in [2.05, 4.69) is 12.1 Å². The Kier molecular flexibility index (Phi) is 6.31. The van der Waals surface area contributed by atoms with Crippen molar-refractivity contribution in [2.75, 3.05) is 45.7 Å². The molecule has 0 spiro atoms. The second kappa shape index (κ2) is 8.89. The average molecular weight is 381 g/mol. The van der Waals surface area contributed by atoms with Crippen LogP contribution in [-0.4, -0.2) is 68.5 Å². The van der Waals surface area contributed by atoms with Gasteiger partial charge in [-0.3, -0.25) is 9.59 Å². The zero-order valence-corrected chi connectivity index (χ0v) is 16.7. The fourth-order valence-electron chi connectivity index (χ4n) is 3.51. The zero-order chi connectivity index (χ0) is 20.1. The molecule has 6 nitrogen and oxygen atoms in total. The van der Waals surface area contributed by atoms with Gasteiger partial charge in [-0.1, -0.05) is 36.4 Å². The van der Waals surface area contributed by atoms with Crippen molar-refractivity contribution in [3.63, 3.8) is 0 Å². The molecular weight excluding hydrogens is 354 g/mol. The number of amides is 2. The molecule has 0 N–H and O–H groups in total. The minimum Gasteiger partial charge on any atom is -0.497 e. The van der Waals surface area contributed by atoms with E-state index in [1.807, 2.05) is 61.5 Å². The third-order valence-electron chi connectivity index (χ3n) is 4.89. The number of benzene rings is 2. The van der Waals surface area contributed by atoms with E-state index in [1.54, 1.807) is 16.9 Å². The molecule has 2 aromatic carbocycles. The maximum atomic E-state index is 12.9. The van der Waals surface area contributed by atoms with E-state index < -0.39 is 0 Å². The van der Waals surface area contributed by atoms with Gasteiger partial charge >= 0.3 is 0 Å². The van der Waals surface area contributed by atoms with Crippen LogP contribution in [0.25, 0.3) is 0 Å². The first-order chi connectivity index (χ1) is 13.5. The molecule has 0 aromatic heterocycles. The topological polar surface area (TPSA) is 53.1 Å². The Hall–Kier alpha value is -2.86. The normalized spacial score (nSPS) is 17.1. The Bertz CT molecular complexity index is 823. The number of hydrogen-bond donors (Lipinski definition) is 0. The third kappa shape index (κ3) is 4.70. The molecule has 3 rings (SSSR count). The van der Waals surface area contributed by atoms with E-state index in [1.165, 1.54) is 0 Å². The number of rotatable bonds is 6. The molecule has 6 heteroatoms. The molecule has 28 heavy (non-hydrogen) atoms. The minimum atomic E-state index is -0.0845. The number of anilines is 1. The molecule has 1 fully saturated rings. The first kappa shape index (κ1) is 19.9. The number of carbonyl (C=O) groups is 2. The van der Waals surface area contributed by atoms with Gasteiger partial charge in [-0.05, 0) is 38.2 Å². The fraction of sp³-hybridized carbons (Fsp3) is 0.364. The summed E-state index contributed by atoms with van der Waals surface area (Å²) in [6, 6.07) is 17.5. The Balaban J connectivity index is 1.87. The smallest absolute Gasteiger partial charge is 0.246 e. The van der Waals surface area contributed by atoms with Crippen LogP contribution in [-0.2, 0) is 16.0 Å². The van der Waals surface area contributed by atoms with Crippen LogP contribution in [0.3, 0.4) is 0 Å². The van der Waals surface area contributed by atoms with Crippen LogP contribution in [0, 0.1) is 0 Å². The van der Waals surface area contributed by atoms with Gasteiger partial charge in [-0.15, -0.1) is 0 Å². The molecule has 0 aliphatic carbocycles. The lowest BCUT2D eigenvalue weighted by atomic mass is 10.0. The second-order valence-electron chi connectivity index (χ2n) is 7.31. The lowest BCUT2D eigenvalue weighted by Crippen LogP contribution is -2.60. The molecule has 148 valence electrons. The summed E-state index contributed by atoms with van der Waals surface area (Å²) >= 11 is 0. The number of hydrogen-bond acceptors (Lipinski definition) is 4. The maximum Gasteiger partial charge on any atom is 0.246 e. The van der Waals surface area contributed by atoms with Gasteiger partial charge in [0.25, 0.3) is 0 Å². The van der Waals surface area contributed by atoms with Crippen molar-refractivity contribution in [1.82, 2.24) is 9.80 Å². The van der Waals surface area contributed by atoms with E-state index >= 15 is 0 Å². The van der Waals surface area contributed by atoms with Crippen molar-refractivity contribution >= 4 is 17.5 Å². The summed E-state index contributed by atoms with van der Waals surface area (Å²) < 4.78 is 5.30. The SMILES string of the molecule is COc1cccc(N2C[C@H](Cc3ccccc3)N(C(=O)CN(C)C)CC2=O)c1. The molecule has 0 saturated carbocycles. The van der Waals surface area contributed by atoms with Crippen molar-refractivity contribution in [3.8, 4) is 5.75 Å². The highest BCUT2D eigenvalue weighted by Crippen LogP contribution is 2.25. The van der Waals surface area contributed by atoms with E-state index in [4.69, 9.17) is 4.74 Å². The van der Waals surface area contributed by atoms with Gasteiger partial charge < -0.3 is 19.4 Å². The molecule has 0 radical (unpaired) electrons. The standard InChI is InChI=1S/C22H27N3O3/c1-23(2)15-21(26)25-16-22(27)24(18-10-7-11-20(13-18)28-3)14-19(25)12-17-8-5-4-6-9-17/h4-11,13,19H,12,14-16H2,1-3H3/t19-/m0/s1. The van der Waals surface area contributed by atoms with Gasteiger partial charge in [0.15, 0.2) is 0 Å². The van der Waals surface area contributed by atoms with Crippen molar-refractivity contribution < 1.29 is 14.3 Å². The molecule has 1 saturated heterocycles. The molecule has 2 amide bonds. The van der Waals surface area contributed by atoms with Crippen LogP contribution in [0.2, 0.25) is 0 Å². The maximum absolute atomic E-state index is 12.9. The van der Waals surface area contributed by atoms with E-state index in [0.29, 0.717) is 18.7 Å². The molecule has 2 aromatic rings. The summed E-state index contributed by atoms with van der Waals surface area (Å²) in [7, 11) is 5.33. The van der Waals surface area contributed by atoms with Crippen molar-refractivity contribution in [2.24, 2.45) is 0 Å². The summed E-state index contributed by atoms with van der Waals surface area (Å²) in [4.78, 5) is 31.0. The monoisotopic (exact) mass is 381 g/mol. The van der Waals surface area contributed by atoms with Crippen molar-refractivity contribution in [3.05, 3.63) is 60.2 Å². The van der Waals surface area contributed by atoms with Gasteiger partial charge in [0.2, 0.25) is 11.8 Å². The molecule has 0 bridgehead atoms. The summed E-state index contributed by atoms with van der Waals surface area (Å²) in [5, 5.41) is 0. The Morgan fingerprint density at radius 1 is 1.14 bits per heavy atom. The molecule has 1 atom stereocenters. The van der Waals surface area contributed by atoms with Crippen LogP contribution < -0.4 is 9.64 Å². The number of likely N-dealkylation sites (N-methyl/N-ethyl adjacent to an activating group) is 1. The van der Waals surface area contributed by atoms with Gasteiger partial charge in [0, 0.05) is 18.3 Å². The summed E-state index contributed by atoms with van der Waals surface area (Å²) in [5.74, 6) is 0.602. The predicted molar refractivity (Wildman–Crippen MR) is 110 cm³/mol. The fourth-order valence-corrected chi connectivity index (χ4v) is 3.51. The van der Waals surface area contributed by atoms with E-state index in [0.717, 1.165) is 11.3 Å². The molecule has 1 aliphatic heterocycles. The first-order valence-electron chi connectivity index (χ1n) is 9.40. The van der Waals surface area contributed by atoms with Crippen LogP contribution in [0.15, 0.2) is 54.6 Å². The largest absolute Gasteiger partial charge is 0.497 e. The van der Waals surface area contributed by atoms with Crippen molar-refractivity contribution in [1.29, 1.82) is 0 Å². The van der Waals surface area contributed by atoms with Crippen LogP contribution in [0.1, 0.15) is 5.56 Å². The highest BCUT2D eigenvalue weighted by Gasteiger charge is 2.35. The van der Waals surface area contributed by atoms with Gasteiger partial charge in [-0.2, -0.15) is 0 Å². The summed E-state index contributed by atoms with van der Waals surface area (Å²) in [6.45, 7) is 0.833. The number of methoxy groups -OCH3 is 1. The van der Waals surface area contributed by atoms with E-state index in [9.17, 15) is 9.59 Å². The predicted octanol–water partition coefficient (Wildman–Crippen LogP) is 2.04. The van der Waals surface area contributed by atoms with Crippen LogP contribution in [0.4, 0.5) is 5.69 Å². The average Bonchev–Trinajstić information content (AvgIpc) is 2.69. The Morgan fingerprint density at radius 2 is 1.89 bits per heavy atom. The van der Waals surface area contributed by atoms with Gasteiger partial charge in [0.05, 0.1) is 19.7 Å². The molecule has 0 unspecified atom stereocenters. The lowest BCUT2D eigenvalue weighted by Gasteiger charge is -2.41. The quantitative estimate of drug-likeness (QED) is 0.769. The second-order valence-corrected chi connectivity index (χ2v) is 7.31. The lowest BCUT2D eigenvalue weighted by molar-refractivity contribution is -0.140. The zero-order valence-electron chi connectivity index (χ0n) is 16.7. The molecule has 1 heterocycles. The highest BCUT2D eigenvalue weighted by atomic mass is 16.5. The summed E-state index contributed by atoms with van der Waals surface area (Å²) in [5.41, 5.74) is 1.94. The summed E-state index contributed by atoms with van der Waals surface area (Å²) in [6.07, 6.45) is 0.702. The third-order valence-corrected chi connectivity index (χ3v) is 4.89. The Labute approximate surface area is 166 Å². The van der Waals surface area contributed by atoms with E-state index in [-0.39, 0.29) is 30.9 Å². The van der Waals surface area contributed by atoms with Crippen LogP contribution >= 0.6 is 0 Å². The van der Waals surface area contributed by atoms with Gasteiger partial charge in [0.1, 0.15) is 12.3 Å². The Morgan fingerprint density at radius 3 is 2.57 bits per heavy atom. The number of ether oxygens (including phenoxy) is 1. The highest BCUT2D eigenvalue weighted by molar-refractivity contribution is 5.98. The number of piperazine rings is 1. The number of nitrogens with zero attached hydrogens (tertiary/aromatic N) is 3.